The lowest BCUT2D eigenvalue weighted by molar-refractivity contribution is -0.137. The van der Waals surface area contributed by atoms with Gasteiger partial charge in [0.15, 0.2) is 9.47 Å². The number of thioether (sulfide) groups is 1. The Balaban J connectivity index is 1.67. The standard InChI is InChI=1S/C13H8F3N3OS3/c14-13(15,16)7-1-2-8-9(5-7)23-12(18-8)22-6-10(20)19-11-17-3-4-21-11/h1-5H,6H2,(H,17,19,20). The first-order chi connectivity index (χ1) is 10.9. The molecule has 10 heteroatoms. The molecule has 0 bridgehead atoms. The van der Waals surface area contributed by atoms with Crippen LogP contribution >= 0.6 is 34.4 Å². The van der Waals surface area contributed by atoms with E-state index in [2.05, 4.69) is 15.3 Å². The highest BCUT2D eigenvalue weighted by atomic mass is 32.2. The summed E-state index contributed by atoms with van der Waals surface area (Å²) >= 11 is 3.63. The molecule has 0 saturated heterocycles. The predicted octanol–water partition coefficient (Wildman–Crippen LogP) is 4.50. The van der Waals surface area contributed by atoms with E-state index >= 15 is 0 Å². The normalized spacial score (nSPS) is 11.8. The average Bonchev–Trinajstić information content (AvgIpc) is 3.11. The smallest absolute Gasteiger partial charge is 0.301 e. The maximum atomic E-state index is 12.7. The fraction of sp³-hybridized carbons (Fsp3) is 0.154. The first-order valence-electron chi connectivity index (χ1n) is 6.22. The molecule has 2 aromatic heterocycles. The van der Waals surface area contributed by atoms with Gasteiger partial charge in [0.05, 0.1) is 21.5 Å². The van der Waals surface area contributed by atoms with E-state index in [1.807, 2.05) is 0 Å². The maximum Gasteiger partial charge on any atom is 0.416 e. The summed E-state index contributed by atoms with van der Waals surface area (Å²) in [6.07, 6.45) is -2.79. The number of benzene rings is 1. The Kier molecular flexibility index (Phi) is 4.55. The van der Waals surface area contributed by atoms with Crippen molar-refractivity contribution in [3.05, 3.63) is 35.3 Å². The first kappa shape index (κ1) is 16.2. The predicted molar refractivity (Wildman–Crippen MR) is 86.1 cm³/mol. The molecule has 0 aliphatic heterocycles. The Morgan fingerprint density at radius 1 is 1.35 bits per heavy atom. The van der Waals surface area contributed by atoms with E-state index in [0.717, 1.165) is 23.5 Å². The number of hydrogen-bond acceptors (Lipinski definition) is 6. The number of thiazole rings is 2. The van der Waals surface area contributed by atoms with E-state index in [1.54, 1.807) is 11.6 Å². The molecule has 23 heavy (non-hydrogen) atoms. The quantitative estimate of drug-likeness (QED) is 0.682. The number of amides is 1. The van der Waals surface area contributed by atoms with E-state index in [-0.39, 0.29) is 11.7 Å². The number of carbonyl (C=O) groups is 1. The summed E-state index contributed by atoms with van der Waals surface area (Å²) in [6, 6.07) is 3.42. The molecule has 0 unspecified atom stereocenters. The lowest BCUT2D eigenvalue weighted by atomic mass is 10.2. The van der Waals surface area contributed by atoms with Gasteiger partial charge in [-0.3, -0.25) is 4.79 Å². The highest BCUT2D eigenvalue weighted by Gasteiger charge is 2.30. The second-order valence-electron chi connectivity index (χ2n) is 4.33. The SMILES string of the molecule is O=C(CSc1nc2ccc(C(F)(F)F)cc2s1)Nc1nccs1. The number of anilines is 1. The van der Waals surface area contributed by atoms with Gasteiger partial charge in [-0.15, -0.1) is 22.7 Å². The summed E-state index contributed by atoms with van der Waals surface area (Å²) in [6.45, 7) is 0. The van der Waals surface area contributed by atoms with Crippen LogP contribution in [0.25, 0.3) is 10.2 Å². The molecule has 1 aromatic carbocycles. The number of halogens is 3. The molecule has 3 aromatic rings. The molecule has 0 saturated carbocycles. The number of fused-ring (bicyclic) bond motifs is 1. The molecule has 0 aliphatic carbocycles. The third-order valence-electron chi connectivity index (χ3n) is 2.70. The van der Waals surface area contributed by atoms with Gasteiger partial charge in [0.25, 0.3) is 0 Å². The zero-order valence-electron chi connectivity index (χ0n) is 11.3. The van der Waals surface area contributed by atoms with Crippen LogP contribution < -0.4 is 5.32 Å². The molecule has 4 nitrogen and oxygen atoms in total. The van der Waals surface area contributed by atoms with Gasteiger partial charge in [-0.1, -0.05) is 11.8 Å². The third-order valence-corrected chi connectivity index (χ3v) is 5.55. The first-order valence-corrected chi connectivity index (χ1v) is 8.90. The Hall–Kier alpha value is -1.65. The zero-order chi connectivity index (χ0) is 16.4. The molecule has 0 radical (unpaired) electrons. The van der Waals surface area contributed by atoms with Gasteiger partial charge in [-0.2, -0.15) is 13.2 Å². The van der Waals surface area contributed by atoms with Gasteiger partial charge in [-0.05, 0) is 18.2 Å². The summed E-state index contributed by atoms with van der Waals surface area (Å²) in [5.41, 5.74) is -0.211. The van der Waals surface area contributed by atoms with Gasteiger partial charge < -0.3 is 5.32 Å². The summed E-state index contributed by atoms with van der Waals surface area (Å²) in [5.74, 6) is -0.119. The van der Waals surface area contributed by atoms with E-state index < -0.39 is 11.7 Å². The minimum atomic E-state index is -4.38. The number of nitrogens with zero attached hydrogens (tertiary/aromatic N) is 2. The fourth-order valence-electron chi connectivity index (χ4n) is 1.71. The highest BCUT2D eigenvalue weighted by molar-refractivity contribution is 8.01. The Morgan fingerprint density at radius 3 is 2.87 bits per heavy atom. The third kappa shape index (κ3) is 4.01. The van der Waals surface area contributed by atoms with Gasteiger partial charge in [-0.25, -0.2) is 9.97 Å². The molecular formula is C13H8F3N3OS3. The van der Waals surface area contributed by atoms with Crippen LogP contribution in [0.15, 0.2) is 34.1 Å². The molecule has 0 spiro atoms. The van der Waals surface area contributed by atoms with Gasteiger partial charge in [0.2, 0.25) is 5.91 Å². The van der Waals surface area contributed by atoms with E-state index in [0.29, 0.717) is 19.7 Å². The van der Waals surface area contributed by atoms with Crippen LogP contribution in [0.3, 0.4) is 0 Å². The zero-order valence-corrected chi connectivity index (χ0v) is 13.7. The minimum absolute atomic E-state index is 0.117. The van der Waals surface area contributed by atoms with E-state index in [4.69, 9.17) is 0 Å². The van der Waals surface area contributed by atoms with Crippen LogP contribution in [0.2, 0.25) is 0 Å². The van der Waals surface area contributed by atoms with Crippen molar-refractivity contribution >= 4 is 55.7 Å². The van der Waals surface area contributed by atoms with Crippen LogP contribution in [-0.4, -0.2) is 21.6 Å². The highest BCUT2D eigenvalue weighted by Crippen LogP contribution is 2.35. The summed E-state index contributed by atoms with van der Waals surface area (Å²) in [5, 5.41) is 4.88. The van der Waals surface area contributed by atoms with Crippen molar-refractivity contribution in [2.45, 2.75) is 10.5 Å². The Bertz CT molecular complexity index is 830. The fourth-order valence-corrected chi connectivity index (χ4v) is 4.16. The molecule has 0 aliphatic rings. The van der Waals surface area contributed by atoms with E-state index in [1.165, 1.54) is 29.2 Å². The summed E-state index contributed by atoms with van der Waals surface area (Å²) in [7, 11) is 0. The molecule has 2 heterocycles. The van der Waals surface area contributed by atoms with E-state index in [9.17, 15) is 18.0 Å². The number of hydrogen-bond donors (Lipinski definition) is 1. The number of aromatic nitrogens is 2. The Labute approximate surface area is 140 Å². The van der Waals surface area contributed by atoms with Crippen molar-refractivity contribution in [2.24, 2.45) is 0 Å². The van der Waals surface area contributed by atoms with Crippen molar-refractivity contribution in [1.29, 1.82) is 0 Å². The van der Waals surface area contributed by atoms with Gasteiger partial charge in [0.1, 0.15) is 0 Å². The van der Waals surface area contributed by atoms with Crippen molar-refractivity contribution in [3.63, 3.8) is 0 Å². The molecule has 1 amide bonds. The molecule has 120 valence electrons. The van der Waals surface area contributed by atoms with Crippen molar-refractivity contribution in [2.75, 3.05) is 11.1 Å². The van der Waals surface area contributed by atoms with Crippen LogP contribution in [0, 0.1) is 0 Å². The Morgan fingerprint density at radius 2 is 2.17 bits per heavy atom. The second-order valence-corrected chi connectivity index (χ2v) is 7.48. The minimum Gasteiger partial charge on any atom is -0.301 e. The summed E-state index contributed by atoms with van der Waals surface area (Å²) in [4.78, 5) is 19.9. The second kappa shape index (κ2) is 6.46. The topological polar surface area (TPSA) is 54.9 Å². The largest absolute Gasteiger partial charge is 0.416 e. The van der Waals surface area contributed by atoms with Crippen LogP contribution in [0.1, 0.15) is 5.56 Å². The molecule has 3 rings (SSSR count). The van der Waals surface area contributed by atoms with Crippen LogP contribution in [-0.2, 0) is 11.0 Å². The number of rotatable bonds is 4. The molecule has 1 N–H and O–H groups in total. The molecular weight excluding hydrogens is 367 g/mol. The van der Waals surface area contributed by atoms with Crippen molar-refractivity contribution in [1.82, 2.24) is 9.97 Å². The molecule has 0 fully saturated rings. The molecule has 0 atom stereocenters. The number of alkyl halides is 3. The number of carbonyl (C=O) groups excluding carboxylic acids is 1. The van der Waals surface area contributed by atoms with Crippen molar-refractivity contribution < 1.29 is 18.0 Å². The van der Waals surface area contributed by atoms with Crippen LogP contribution in [0.5, 0.6) is 0 Å². The lowest BCUT2D eigenvalue weighted by Gasteiger charge is -2.04. The maximum absolute atomic E-state index is 12.7. The van der Waals surface area contributed by atoms with Gasteiger partial charge >= 0.3 is 6.18 Å². The average molecular weight is 375 g/mol. The lowest BCUT2D eigenvalue weighted by Crippen LogP contribution is -2.13. The van der Waals surface area contributed by atoms with Crippen LogP contribution in [0.4, 0.5) is 18.3 Å². The monoisotopic (exact) mass is 375 g/mol. The van der Waals surface area contributed by atoms with Gasteiger partial charge in [0, 0.05) is 11.6 Å². The summed E-state index contributed by atoms with van der Waals surface area (Å²) < 4.78 is 39.0. The van der Waals surface area contributed by atoms with Crippen molar-refractivity contribution in [3.8, 4) is 0 Å². The number of nitrogens with one attached hydrogen (secondary N) is 1.